The van der Waals surface area contributed by atoms with Gasteiger partial charge >= 0.3 is 6.03 Å². The van der Waals surface area contributed by atoms with E-state index >= 15 is 0 Å². The number of rotatable bonds is 7. The van der Waals surface area contributed by atoms with Gasteiger partial charge in [-0.25, -0.2) is 4.79 Å². The van der Waals surface area contributed by atoms with Crippen molar-refractivity contribution in [2.45, 2.75) is 37.9 Å². The summed E-state index contributed by atoms with van der Waals surface area (Å²) in [5, 5.41) is 9.00. The van der Waals surface area contributed by atoms with Crippen molar-refractivity contribution in [3.63, 3.8) is 0 Å². The molecule has 132 valence electrons. The molecule has 1 aliphatic heterocycles. The normalized spacial score (nSPS) is 19.5. The summed E-state index contributed by atoms with van der Waals surface area (Å²) in [6.45, 7) is 4.44. The first-order valence-corrected chi connectivity index (χ1v) is 8.65. The van der Waals surface area contributed by atoms with Crippen LogP contribution in [0, 0.1) is 0 Å². The smallest absolute Gasteiger partial charge is 0.319 e. The molecule has 1 heterocycles. The molecule has 1 fully saturated rings. The molecule has 1 aromatic rings. The van der Waals surface area contributed by atoms with Crippen LogP contribution in [0.1, 0.15) is 25.7 Å². The van der Waals surface area contributed by atoms with E-state index in [1.807, 2.05) is 36.4 Å². The molecule has 1 atom stereocenters. The van der Waals surface area contributed by atoms with Crippen LogP contribution < -0.4 is 20.7 Å². The van der Waals surface area contributed by atoms with Gasteiger partial charge in [-0.1, -0.05) is 6.08 Å². The molecule has 3 N–H and O–H groups in total. The van der Waals surface area contributed by atoms with Gasteiger partial charge in [0.15, 0.2) is 0 Å². The average molecular weight is 340 g/mol. The minimum atomic E-state index is -0.156. The van der Waals surface area contributed by atoms with Crippen molar-refractivity contribution in [1.82, 2.24) is 10.6 Å². The number of hydrogen-bond acceptors (Lipinski definition) is 4. The summed E-state index contributed by atoms with van der Waals surface area (Å²) in [4.78, 5) is 16.2. The first kappa shape index (κ1) is 17.2. The van der Waals surface area contributed by atoms with Crippen LogP contribution in [-0.2, 0) is 0 Å². The quantitative estimate of drug-likeness (QED) is 0.667. The van der Waals surface area contributed by atoms with E-state index in [2.05, 4.69) is 27.5 Å². The maximum atomic E-state index is 11.7. The zero-order chi connectivity index (χ0) is 17.5. The SMILES string of the molecule is C=CCNC1CCC(Oc2ccc(NC(=O)NC3CC3)cc2)=CC=N1. The van der Waals surface area contributed by atoms with Gasteiger partial charge in [-0.05, 0) is 49.6 Å². The van der Waals surface area contributed by atoms with Crippen molar-refractivity contribution >= 4 is 17.9 Å². The Morgan fingerprint density at radius 1 is 1.28 bits per heavy atom. The lowest BCUT2D eigenvalue weighted by molar-refractivity contribution is 0.251. The molecule has 1 aliphatic carbocycles. The molecule has 1 aromatic carbocycles. The summed E-state index contributed by atoms with van der Waals surface area (Å²) in [6, 6.07) is 7.56. The Hall–Kier alpha value is -2.60. The Balaban J connectivity index is 1.48. The molecular weight excluding hydrogens is 316 g/mol. The number of carbonyl (C=O) groups is 1. The summed E-state index contributed by atoms with van der Waals surface area (Å²) in [5.41, 5.74) is 0.746. The maximum absolute atomic E-state index is 11.7. The van der Waals surface area contributed by atoms with E-state index in [1.54, 1.807) is 6.21 Å². The number of anilines is 1. The van der Waals surface area contributed by atoms with Gasteiger partial charge < -0.3 is 15.4 Å². The van der Waals surface area contributed by atoms with E-state index in [9.17, 15) is 4.79 Å². The van der Waals surface area contributed by atoms with Crippen LogP contribution in [0.15, 0.2) is 53.7 Å². The predicted octanol–water partition coefficient (Wildman–Crippen LogP) is 3.20. The number of allylic oxidation sites excluding steroid dienone is 2. The van der Waals surface area contributed by atoms with Crippen LogP contribution >= 0.6 is 0 Å². The molecule has 0 spiro atoms. The number of nitrogens with one attached hydrogen (secondary N) is 3. The molecule has 1 saturated carbocycles. The number of amides is 2. The molecule has 2 aliphatic rings. The molecule has 0 aromatic heterocycles. The van der Waals surface area contributed by atoms with Crippen LogP contribution in [0.4, 0.5) is 10.5 Å². The number of carbonyl (C=O) groups excluding carboxylic acids is 1. The molecule has 0 radical (unpaired) electrons. The van der Waals surface area contributed by atoms with Crippen LogP contribution in [-0.4, -0.2) is 31.0 Å². The maximum Gasteiger partial charge on any atom is 0.319 e. The fraction of sp³-hybridized carbons (Fsp3) is 0.368. The molecule has 3 rings (SSSR count). The lowest BCUT2D eigenvalue weighted by Crippen LogP contribution is -2.30. The number of hydrogen-bond donors (Lipinski definition) is 3. The molecule has 2 amide bonds. The summed E-state index contributed by atoms with van der Waals surface area (Å²) in [5.74, 6) is 1.61. The Morgan fingerprint density at radius 3 is 2.80 bits per heavy atom. The Kier molecular flexibility index (Phi) is 5.85. The van der Waals surface area contributed by atoms with Crippen molar-refractivity contribution < 1.29 is 9.53 Å². The van der Waals surface area contributed by atoms with Crippen molar-refractivity contribution in [2.24, 2.45) is 4.99 Å². The fourth-order valence-electron chi connectivity index (χ4n) is 2.46. The fourth-order valence-corrected chi connectivity index (χ4v) is 2.46. The minimum absolute atomic E-state index is 0.0897. The number of nitrogens with zero attached hydrogens (tertiary/aromatic N) is 1. The van der Waals surface area contributed by atoms with Gasteiger partial charge in [-0.2, -0.15) is 0 Å². The van der Waals surface area contributed by atoms with Gasteiger partial charge in [0.05, 0.1) is 0 Å². The van der Waals surface area contributed by atoms with Gasteiger partial charge in [0.2, 0.25) is 0 Å². The highest BCUT2D eigenvalue weighted by Gasteiger charge is 2.23. The third kappa shape index (κ3) is 5.76. The summed E-state index contributed by atoms with van der Waals surface area (Å²) in [6.07, 6.45) is 9.41. The Morgan fingerprint density at radius 2 is 2.08 bits per heavy atom. The molecular formula is C19H24N4O2. The van der Waals surface area contributed by atoms with E-state index in [4.69, 9.17) is 4.74 Å². The van der Waals surface area contributed by atoms with Gasteiger partial charge in [0.1, 0.15) is 17.7 Å². The van der Waals surface area contributed by atoms with Crippen LogP contribution in [0.5, 0.6) is 5.75 Å². The van der Waals surface area contributed by atoms with Crippen LogP contribution in [0.3, 0.4) is 0 Å². The van der Waals surface area contributed by atoms with Gasteiger partial charge in [0, 0.05) is 30.9 Å². The lowest BCUT2D eigenvalue weighted by atomic mass is 10.2. The number of benzene rings is 1. The second kappa shape index (κ2) is 8.48. The topological polar surface area (TPSA) is 74.8 Å². The largest absolute Gasteiger partial charge is 0.462 e. The second-order valence-corrected chi connectivity index (χ2v) is 6.18. The number of urea groups is 1. The van der Waals surface area contributed by atoms with Crippen LogP contribution in [0.2, 0.25) is 0 Å². The van der Waals surface area contributed by atoms with Crippen molar-refractivity contribution in [3.8, 4) is 5.75 Å². The van der Waals surface area contributed by atoms with Crippen LogP contribution in [0.25, 0.3) is 0 Å². The molecule has 0 bridgehead atoms. The monoisotopic (exact) mass is 340 g/mol. The van der Waals surface area contributed by atoms with Crippen molar-refractivity contribution in [3.05, 3.63) is 48.8 Å². The average Bonchev–Trinajstić information content (AvgIpc) is 3.43. The highest BCUT2D eigenvalue weighted by Crippen LogP contribution is 2.22. The van der Waals surface area contributed by atoms with E-state index in [1.165, 1.54) is 0 Å². The summed E-state index contributed by atoms with van der Waals surface area (Å²) < 4.78 is 5.92. The molecule has 6 heteroatoms. The third-order valence-corrected chi connectivity index (χ3v) is 3.96. The second-order valence-electron chi connectivity index (χ2n) is 6.18. The van der Waals surface area contributed by atoms with E-state index in [-0.39, 0.29) is 12.2 Å². The first-order valence-electron chi connectivity index (χ1n) is 8.65. The minimum Gasteiger partial charge on any atom is -0.462 e. The number of ether oxygens (including phenoxy) is 1. The highest BCUT2D eigenvalue weighted by molar-refractivity contribution is 5.89. The molecule has 6 nitrogen and oxygen atoms in total. The standard InChI is InChI=1S/C19H24N4O2/c1-2-12-20-18-10-9-17(11-13-21-18)25-16-7-5-15(6-8-16)23-19(24)22-14-3-4-14/h2,5-8,11,13-14,18,20H,1,3-4,9-10,12H2,(H2,22,23,24). The van der Waals surface area contributed by atoms with Gasteiger partial charge in [-0.15, -0.1) is 6.58 Å². The summed E-state index contributed by atoms with van der Waals surface area (Å²) >= 11 is 0. The van der Waals surface area contributed by atoms with Gasteiger partial charge in [0.25, 0.3) is 0 Å². The zero-order valence-electron chi connectivity index (χ0n) is 14.2. The molecule has 1 unspecified atom stereocenters. The number of aliphatic imine (C=N–C) groups is 1. The Labute approximate surface area is 148 Å². The summed E-state index contributed by atoms with van der Waals surface area (Å²) in [7, 11) is 0. The van der Waals surface area contributed by atoms with E-state index < -0.39 is 0 Å². The highest BCUT2D eigenvalue weighted by atomic mass is 16.5. The predicted molar refractivity (Wildman–Crippen MR) is 100 cm³/mol. The Bertz CT molecular complexity index is 663. The molecule has 25 heavy (non-hydrogen) atoms. The van der Waals surface area contributed by atoms with E-state index in [0.717, 1.165) is 49.4 Å². The van der Waals surface area contributed by atoms with Crippen molar-refractivity contribution in [2.75, 3.05) is 11.9 Å². The zero-order valence-corrected chi connectivity index (χ0v) is 14.2. The van der Waals surface area contributed by atoms with E-state index in [0.29, 0.717) is 6.04 Å². The first-order chi connectivity index (χ1) is 12.2. The molecule has 0 saturated heterocycles. The van der Waals surface area contributed by atoms with Crippen molar-refractivity contribution in [1.29, 1.82) is 0 Å². The lowest BCUT2D eigenvalue weighted by Gasteiger charge is -2.13. The van der Waals surface area contributed by atoms with Gasteiger partial charge in [-0.3, -0.25) is 10.3 Å². The third-order valence-electron chi connectivity index (χ3n) is 3.96.